The summed E-state index contributed by atoms with van der Waals surface area (Å²) in [4.78, 5) is 1.38. The normalized spacial score (nSPS) is 28.1. The summed E-state index contributed by atoms with van der Waals surface area (Å²) < 4.78 is 0. The molecule has 1 heteroatoms. The Kier molecular flexibility index (Phi) is 3.96. The number of thioether (sulfide) groups is 1. The van der Waals surface area contributed by atoms with Crippen LogP contribution in [-0.4, -0.2) is 6.26 Å². The largest absolute Gasteiger partial charge is 0.130 e. The van der Waals surface area contributed by atoms with Gasteiger partial charge >= 0.3 is 0 Å². The summed E-state index contributed by atoms with van der Waals surface area (Å²) in [6.07, 6.45) is 6.23. The van der Waals surface area contributed by atoms with Gasteiger partial charge in [-0.25, -0.2) is 0 Å². The Balaban J connectivity index is 2.06. The van der Waals surface area contributed by atoms with Gasteiger partial charge in [-0.15, -0.1) is 11.8 Å². The van der Waals surface area contributed by atoms with Gasteiger partial charge in [-0.1, -0.05) is 38.8 Å². The van der Waals surface area contributed by atoms with E-state index in [-0.39, 0.29) is 0 Å². The number of benzene rings is 1. The van der Waals surface area contributed by atoms with Crippen molar-refractivity contribution in [1.82, 2.24) is 0 Å². The van der Waals surface area contributed by atoms with Crippen LogP contribution in [-0.2, 0) is 0 Å². The first-order valence-electron chi connectivity index (χ1n) is 6.45. The van der Waals surface area contributed by atoms with Crippen LogP contribution in [0.25, 0.3) is 0 Å². The van der Waals surface area contributed by atoms with Crippen molar-refractivity contribution < 1.29 is 0 Å². The lowest BCUT2D eigenvalue weighted by atomic mass is 10.1. The zero-order valence-corrected chi connectivity index (χ0v) is 11.4. The van der Waals surface area contributed by atoms with Gasteiger partial charge < -0.3 is 0 Å². The number of hydrogen-bond donors (Lipinski definition) is 0. The highest BCUT2D eigenvalue weighted by Crippen LogP contribution is 2.57. The van der Waals surface area contributed by atoms with Crippen molar-refractivity contribution in [3.05, 3.63) is 29.8 Å². The van der Waals surface area contributed by atoms with E-state index in [0.717, 1.165) is 17.8 Å². The molecule has 0 N–H and O–H groups in total. The molecular formula is C15H22S. The third-order valence-corrected chi connectivity index (χ3v) is 4.67. The first-order valence-corrected chi connectivity index (χ1v) is 7.68. The van der Waals surface area contributed by atoms with E-state index in [1.807, 2.05) is 11.8 Å². The van der Waals surface area contributed by atoms with Gasteiger partial charge in [-0.05, 0) is 48.1 Å². The maximum atomic E-state index is 2.34. The molecule has 1 aliphatic carbocycles. The van der Waals surface area contributed by atoms with Gasteiger partial charge in [0, 0.05) is 4.90 Å². The summed E-state index contributed by atoms with van der Waals surface area (Å²) in [6, 6.07) is 9.23. The topological polar surface area (TPSA) is 0 Å². The molecule has 1 aliphatic rings. The molecule has 1 aromatic rings. The second-order valence-corrected chi connectivity index (χ2v) is 5.70. The minimum atomic E-state index is 0.862. The van der Waals surface area contributed by atoms with Crippen molar-refractivity contribution in [3.8, 4) is 0 Å². The Morgan fingerprint density at radius 2 is 1.75 bits per heavy atom. The van der Waals surface area contributed by atoms with Crippen LogP contribution in [0.4, 0.5) is 0 Å². The molecule has 16 heavy (non-hydrogen) atoms. The Bertz CT molecular complexity index is 328. The Labute approximate surface area is 104 Å². The average molecular weight is 234 g/mol. The third-order valence-electron chi connectivity index (χ3n) is 3.93. The molecular weight excluding hydrogens is 212 g/mol. The quantitative estimate of drug-likeness (QED) is 0.650. The minimum Gasteiger partial charge on any atom is -0.130 e. The van der Waals surface area contributed by atoms with Crippen LogP contribution in [0.15, 0.2) is 29.2 Å². The lowest BCUT2D eigenvalue weighted by Crippen LogP contribution is -1.83. The Hall–Kier alpha value is -0.430. The summed E-state index contributed by atoms with van der Waals surface area (Å²) in [6.45, 7) is 4.64. The van der Waals surface area contributed by atoms with Crippen molar-refractivity contribution >= 4 is 11.8 Å². The van der Waals surface area contributed by atoms with Gasteiger partial charge in [-0.2, -0.15) is 0 Å². The van der Waals surface area contributed by atoms with Crippen molar-refractivity contribution in [2.24, 2.45) is 11.8 Å². The van der Waals surface area contributed by atoms with E-state index >= 15 is 0 Å². The molecule has 0 aliphatic heterocycles. The highest BCUT2D eigenvalue weighted by Gasteiger charge is 2.48. The second kappa shape index (κ2) is 5.27. The first kappa shape index (κ1) is 12.0. The predicted octanol–water partition coefficient (Wildman–Crippen LogP) is 4.95. The lowest BCUT2D eigenvalue weighted by Gasteiger charge is -2.01. The molecule has 0 saturated heterocycles. The molecule has 1 aromatic carbocycles. The fourth-order valence-electron chi connectivity index (χ4n) is 3.05. The standard InChI is InChI=1S/C15H22S/c1-4-6-14-13(5-2)15(14)11-7-9-12(16-3)10-8-11/h7-10,13-15H,4-6H2,1-3H3. The second-order valence-electron chi connectivity index (χ2n) is 4.82. The molecule has 0 radical (unpaired) electrons. The molecule has 0 bridgehead atoms. The van der Waals surface area contributed by atoms with E-state index in [4.69, 9.17) is 0 Å². The van der Waals surface area contributed by atoms with Crippen LogP contribution in [0, 0.1) is 11.8 Å². The average Bonchev–Trinajstić information content (AvgIpc) is 3.03. The van der Waals surface area contributed by atoms with Gasteiger partial charge in [0.1, 0.15) is 0 Å². The van der Waals surface area contributed by atoms with Crippen LogP contribution in [0.1, 0.15) is 44.6 Å². The molecule has 2 rings (SSSR count). The van der Waals surface area contributed by atoms with Crippen LogP contribution in [0.3, 0.4) is 0 Å². The molecule has 0 aromatic heterocycles. The highest BCUT2D eigenvalue weighted by atomic mass is 32.2. The summed E-state index contributed by atoms with van der Waals surface area (Å²) in [7, 11) is 0. The van der Waals surface area contributed by atoms with Crippen molar-refractivity contribution in [2.75, 3.05) is 6.26 Å². The Morgan fingerprint density at radius 1 is 1.06 bits per heavy atom. The summed E-state index contributed by atoms with van der Waals surface area (Å²) in [5, 5.41) is 0. The van der Waals surface area contributed by atoms with E-state index in [0.29, 0.717) is 0 Å². The Morgan fingerprint density at radius 3 is 2.25 bits per heavy atom. The third kappa shape index (κ3) is 2.29. The fourth-order valence-corrected chi connectivity index (χ4v) is 3.46. The van der Waals surface area contributed by atoms with E-state index in [9.17, 15) is 0 Å². The lowest BCUT2D eigenvalue weighted by molar-refractivity contribution is 0.621. The SMILES string of the molecule is CCCC1C(CC)C1c1ccc(SC)cc1. The zero-order chi connectivity index (χ0) is 11.5. The van der Waals surface area contributed by atoms with Crippen LogP contribution in [0.2, 0.25) is 0 Å². The molecule has 3 atom stereocenters. The van der Waals surface area contributed by atoms with Gasteiger partial charge in [-0.3, -0.25) is 0 Å². The number of hydrogen-bond acceptors (Lipinski definition) is 1. The smallest absolute Gasteiger partial charge is 0.00693 e. The molecule has 1 saturated carbocycles. The monoisotopic (exact) mass is 234 g/mol. The molecule has 3 unspecified atom stereocenters. The maximum absolute atomic E-state index is 2.34. The van der Waals surface area contributed by atoms with Crippen LogP contribution in [0.5, 0.6) is 0 Å². The predicted molar refractivity (Wildman–Crippen MR) is 73.1 cm³/mol. The highest BCUT2D eigenvalue weighted by molar-refractivity contribution is 7.98. The van der Waals surface area contributed by atoms with Crippen molar-refractivity contribution in [3.63, 3.8) is 0 Å². The van der Waals surface area contributed by atoms with Crippen LogP contribution < -0.4 is 0 Å². The van der Waals surface area contributed by atoms with E-state index in [1.165, 1.54) is 24.2 Å². The molecule has 0 amide bonds. The van der Waals surface area contributed by atoms with E-state index < -0.39 is 0 Å². The first-order chi connectivity index (χ1) is 7.81. The zero-order valence-electron chi connectivity index (χ0n) is 10.6. The fraction of sp³-hybridized carbons (Fsp3) is 0.600. The number of rotatable bonds is 5. The van der Waals surface area contributed by atoms with Crippen molar-refractivity contribution in [2.45, 2.75) is 43.9 Å². The van der Waals surface area contributed by atoms with Gasteiger partial charge in [0.05, 0.1) is 0 Å². The van der Waals surface area contributed by atoms with Gasteiger partial charge in [0.15, 0.2) is 0 Å². The van der Waals surface area contributed by atoms with E-state index in [1.54, 1.807) is 5.56 Å². The van der Waals surface area contributed by atoms with Gasteiger partial charge in [0.2, 0.25) is 0 Å². The van der Waals surface area contributed by atoms with Crippen LogP contribution >= 0.6 is 11.8 Å². The summed E-state index contributed by atoms with van der Waals surface area (Å²) in [5.74, 6) is 2.79. The maximum Gasteiger partial charge on any atom is 0.00693 e. The molecule has 0 heterocycles. The van der Waals surface area contributed by atoms with E-state index in [2.05, 4.69) is 44.4 Å². The minimum absolute atomic E-state index is 0.862. The summed E-state index contributed by atoms with van der Waals surface area (Å²) >= 11 is 1.83. The van der Waals surface area contributed by atoms with Crippen molar-refractivity contribution in [1.29, 1.82) is 0 Å². The van der Waals surface area contributed by atoms with Gasteiger partial charge in [0.25, 0.3) is 0 Å². The molecule has 88 valence electrons. The molecule has 0 spiro atoms. The molecule has 1 fully saturated rings. The summed E-state index contributed by atoms with van der Waals surface area (Å²) in [5.41, 5.74) is 1.57. The molecule has 0 nitrogen and oxygen atoms in total.